The maximum atomic E-state index is 13.0. The first-order chi connectivity index (χ1) is 17.0. The van der Waals surface area contributed by atoms with E-state index in [0.29, 0.717) is 6.42 Å². The smallest absolute Gasteiger partial charge is 0.407 e. The molecule has 182 valence electrons. The predicted octanol–water partition coefficient (Wildman–Crippen LogP) is 4.27. The summed E-state index contributed by atoms with van der Waals surface area (Å²) in [6, 6.07) is 24.7. The highest BCUT2D eigenvalue weighted by molar-refractivity contribution is 5.86. The summed E-state index contributed by atoms with van der Waals surface area (Å²) in [6.07, 6.45) is -0.136. The van der Waals surface area contributed by atoms with Gasteiger partial charge in [0.1, 0.15) is 12.6 Å². The zero-order valence-electron chi connectivity index (χ0n) is 20.1. The second-order valence-corrected chi connectivity index (χ2v) is 9.27. The molecule has 0 saturated heterocycles. The van der Waals surface area contributed by atoms with Crippen molar-refractivity contribution >= 4 is 12.0 Å². The number of benzene rings is 3. The van der Waals surface area contributed by atoms with Crippen molar-refractivity contribution in [2.75, 3.05) is 13.2 Å². The molecular weight excluding hydrogens is 440 g/mol. The van der Waals surface area contributed by atoms with Crippen LogP contribution in [0.25, 0.3) is 11.1 Å². The van der Waals surface area contributed by atoms with Gasteiger partial charge in [0.05, 0.1) is 12.6 Å². The lowest BCUT2D eigenvalue weighted by Gasteiger charge is -2.25. The molecule has 2 atom stereocenters. The molecule has 1 aliphatic rings. The molecule has 6 nitrogen and oxygen atoms in total. The number of hydrogen-bond acceptors (Lipinski definition) is 4. The average molecular weight is 473 g/mol. The number of aliphatic hydroxyl groups is 1. The average Bonchev–Trinajstić information content (AvgIpc) is 3.19. The highest BCUT2D eigenvalue weighted by atomic mass is 16.5. The fourth-order valence-electron chi connectivity index (χ4n) is 4.65. The molecule has 3 aromatic rings. The van der Waals surface area contributed by atoms with E-state index in [2.05, 4.69) is 34.9 Å². The Balaban J connectivity index is 1.37. The van der Waals surface area contributed by atoms with Crippen LogP contribution in [0.2, 0.25) is 0 Å². The summed E-state index contributed by atoms with van der Waals surface area (Å²) in [5.41, 5.74) is 5.59. The van der Waals surface area contributed by atoms with E-state index in [-0.39, 0.29) is 31.0 Å². The molecule has 6 heteroatoms. The van der Waals surface area contributed by atoms with Gasteiger partial charge >= 0.3 is 6.09 Å². The van der Waals surface area contributed by atoms with Crippen molar-refractivity contribution in [2.24, 2.45) is 5.92 Å². The van der Waals surface area contributed by atoms with Crippen molar-refractivity contribution in [1.29, 1.82) is 0 Å². The first-order valence-electron chi connectivity index (χ1n) is 12.0. The standard InChI is InChI=1S/C29H32N2O4/c1-19(2)27(28(33)30-21(17-32)16-20-10-4-3-5-11-20)31-29(34)35-18-26-24-14-8-6-12-22(24)23-13-7-9-15-25(23)26/h3-15,19,21,26-27,32H,16-18H2,1-2H3,(H,30,33)(H,31,34)/t21-,27-/m0/s1. The maximum Gasteiger partial charge on any atom is 0.407 e. The van der Waals surface area contributed by atoms with Crippen molar-refractivity contribution < 1.29 is 19.4 Å². The molecule has 2 amide bonds. The number of carbonyl (C=O) groups excluding carboxylic acids is 2. The predicted molar refractivity (Wildman–Crippen MR) is 136 cm³/mol. The van der Waals surface area contributed by atoms with Gasteiger partial charge in [-0.1, -0.05) is 92.7 Å². The largest absolute Gasteiger partial charge is 0.449 e. The number of ether oxygens (including phenoxy) is 1. The number of rotatable bonds is 9. The summed E-state index contributed by atoms with van der Waals surface area (Å²) >= 11 is 0. The number of hydrogen-bond donors (Lipinski definition) is 3. The Bertz CT molecular complexity index is 1120. The van der Waals surface area contributed by atoms with Crippen LogP contribution in [-0.4, -0.2) is 42.4 Å². The molecule has 0 heterocycles. The summed E-state index contributed by atoms with van der Waals surface area (Å²) in [6.45, 7) is 3.70. The first kappa shape index (κ1) is 24.5. The quantitative estimate of drug-likeness (QED) is 0.434. The van der Waals surface area contributed by atoms with Gasteiger partial charge in [-0.05, 0) is 40.2 Å². The molecule has 0 bridgehead atoms. The monoisotopic (exact) mass is 472 g/mol. The minimum Gasteiger partial charge on any atom is -0.449 e. The van der Waals surface area contributed by atoms with Gasteiger partial charge in [-0.3, -0.25) is 4.79 Å². The van der Waals surface area contributed by atoms with Crippen LogP contribution < -0.4 is 10.6 Å². The van der Waals surface area contributed by atoms with E-state index in [0.717, 1.165) is 27.8 Å². The second-order valence-electron chi connectivity index (χ2n) is 9.27. The number of nitrogens with one attached hydrogen (secondary N) is 2. The Labute approximate surface area is 206 Å². The van der Waals surface area contributed by atoms with E-state index in [9.17, 15) is 14.7 Å². The van der Waals surface area contributed by atoms with E-state index >= 15 is 0 Å². The third kappa shape index (κ3) is 5.72. The molecular formula is C29H32N2O4. The van der Waals surface area contributed by atoms with E-state index in [1.165, 1.54) is 0 Å². The normalized spacial score (nSPS) is 14.1. The van der Waals surface area contributed by atoms with Gasteiger partial charge < -0.3 is 20.5 Å². The number of aliphatic hydroxyl groups excluding tert-OH is 1. The van der Waals surface area contributed by atoms with Gasteiger partial charge in [0.2, 0.25) is 5.91 Å². The Hall–Kier alpha value is -3.64. The summed E-state index contributed by atoms with van der Waals surface area (Å²) in [5.74, 6) is -0.556. The van der Waals surface area contributed by atoms with Crippen LogP contribution in [0.1, 0.15) is 36.5 Å². The van der Waals surface area contributed by atoms with Crippen LogP contribution >= 0.6 is 0 Å². The molecule has 4 rings (SSSR count). The van der Waals surface area contributed by atoms with Crippen molar-refractivity contribution in [3.63, 3.8) is 0 Å². The molecule has 0 saturated carbocycles. The highest BCUT2D eigenvalue weighted by Crippen LogP contribution is 2.44. The number of carbonyl (C=O) groups is 2. The highest BCUT2D eigenvalue weighted by Gasteiger charge is 2.30. The van der Waals surface area contributed by atoms with Gasteiger partial charge in [0, 0.05) is 5.92 Å². The van der Waals surface area contributed by atoms with Crippen LogP contribution in [-0.2, 0) is 16.0 Å². The summed E-state index contributed by atoms with van der Waals surface area (Å²) < 4.78 is 5.62. The lowest BCUT2D eigenvalue weighted by atomic mass is 9.98. The number of fused-ring (bicyclic) bond motifs is 3. The van der Waals surface area contributed by atoms with Crippen molar-refractivity contribution in [3.05, 3.63) is 95.6 Å². The molecule has 0 fully saturated rings. The first-order valence-corrected chi connectivity index (χ1v) is 12.0. The Morgan fingerprint density at radius 3 is 2.00 bits per heavy atom. The van der Waals surface area contributed by atoms with Crippen molar-refractivity contribution in [3.8, 4) is 11.1 Å². The van der Waals surface area contributed by atoms with E-state index in [4.69, 9.17) is 4.74 Å². The lowest BCUT2D eigenvalue weighted by molar-refractivity contribution is -0.125. The summed E-state index contributed by atoms with van der Waals surface area (Å²) in [5, 5.41) is 15.4. The van der Waals surface area contributed by atoms with E-state index in [1.807, 2.05) is 68.4 Å². The maximum absolute atomic E-state index is 13.0. The number of alkyl carbamates (subject to hydrolysis) is 1. The van der Waals surface area contributed by atoms with Crippen LogP contribution in [0, 0.1) is 5.92 Å². The third-order valence-electron chi connectivity index (χ3n) is 6.46. The zero-order chi connectivity index (χ0) is 24.8. The van der Waals surface area contributed by atoms with Gasteiger partial charge in [0.25, 0.3) is 0 Å². The van der Waals surface area contributed by atoms with Gasteiger partial charge in [-0.15, -0.1) is 0 Å². The van der Waals surface area contributed by atoms with Crippen molar-refractivity contribution in [1.82, 2.24) is 10.6 Å². The van der Waals surface area contributed by atoms with Crippen LogP contribution in [0.15, 0.2) is 78.9 Å². The topological polar surface area (TPSA) is 87.7 Å². The van der Waals surface area contributed by atoms with Crippen molar-refractivity contribution in [2.45, 2.75) is 38.3 Å². The van der Waals surface area contributed by atoms with Gasteiger partial charge in [-0.25, -0.2) is 4.79 Å². The minimum absolute atomic E-state index is 0.0517. The second kappa shape index (κ2) is 11.2. The van der Waals surface area contributed by atoms with Gasteiger partial charge in [-0.2, -0.15) is 0 Å². The molecule has 35 heavy (non-hydrogen) atoms. The molecule has 1 aliphatic carbocycles. The number of amides is 2. The molecule has 0 unspecified atom stereocenters. The minimum atomic E-state index is -0.782. The third-order valence-corrected chi connectivity index (χ3v) is 6.46. The SMILES string of the molecule is CC(C)[C@H](NC(=O)OCC1c2ccccc2-c2ccccc21)C(=O)N[C@H](CO)Cc1ccccc1. The van der Waals surface area contributed by atoms with E-state index in [1.54, 1.807) is 0 Å². The van der Waals surface area contributed by atoms with Crippen LogP contribution in [0.3, 0.4) is 0 Å². The van der Waals surface area contributed by atoms with Crippen LogP contribution in [0.5, 0.6) is 0 Å². The molecule has 0 spiro atoms. The molecule has 0 radical (unpaired) electrons. The lowest BCUT2D eigenvalue weighted by Crippen LogP contribution is -2.53. The van der Waals surface area contributed by atoms with Crippen LogP contribution in [0.4, 0.5) is 4.79 Å². The fourth-order valence-corrected chi connectivity index (χ4v) is 4.65. The fraction of sp³-hybridized carbons (Fsp3) is 0.310. The molecule has 3 N–H and O–H groups in total. The zero-order valence-corrected chi connectivity index (χ0v) is 20.1. The summed E-state index contributed by atoms with van der Waals surface area (Å²) in [4.78, 5) is 25.7. The molecule has 0 aromatic heterocycles. The van der Waals surface area contributed by atoms with Gasteiger partial charge in [0.15, 0.2) is 0 Å². The molecule has 0 aliphatic heterocycles. The molecule has 3 aromatic carbocycles. The summed E-state index contributed by atoms with van der Waals surface area (Å²) in [7, 11) is 0. The Morgan fingerprint density at radius 1 is 0.857 bits per heavy atom. The van der Waals surface area contributed by atoms with E-state index < -0.39 is 18.2 Å². The Kier molecular flexibility index (Phi) is 7.83. The Morgan fingerprint density at radius 2 is 1.43 bits per heavy atom.